The molecule has 2 N–H and O–H groups in total. The first-order chi connectivity index (χ1) is 12.9. The zero-order valence-corrected chi connectivity index (χ0v) is 15.8. The van der Waals surface area contributed by atoms with E-state index >= 15 is 0 Å². The van der Waals surface area contributed by atoms with Crippen LogP contribution in [0.5, 0.6) is 5.75 Å². The van der Waals surface area contributed by atoms with Crippen molar-refractivity contribution in [2.24, 2.45) is 5.73 Å². The molecule has 27 heavy (non-hydrogen) atoms. The van der Waals surface area contributed by atoms with Crippen molar-refractivity contribution in [1.82, 2.24) is 4.57 Å². The van der Waals surface area contributed by atoms with Gasteiger partial charge in [0.1, 0.15) is 23.2 Å². The molecule has 1 unspecified atom stereocenters. The summed E-state index contributed by atoms with van der Waals surface area (Å²) < 4.78 is 21.9. The number of allylic oxidation sites excluding steroid dienone is 1. The zero-order valence-electron chi connectivity index (χ0n) is 15.1. The Morgan fingerprint density at radius 2 is 2.11 bits per heavy atom. The molecule has 0 amide bonds. The maximum atomic E-state index is 14.7. The van der Waals surface area contributed by atoms with Crippen molar-refractivity contribution in [3.05, 3.63) is 73.7 Å². The second-order valence-electron chi connectivity index (χ2n) is 6.27. The second kappa shape index (κ2) is 7.45. The Morgan fingerprint density at radius 3 is 2.70 bits per heavy atom. The van der Waals surface area contributed by atoms with Crippen molar-refractivity contribution < 1.29 is 9.13 Å². The van der Waals surface area contributed by atoms with Gasteiger partial charge in [-0.25, -0.2) is 4.39 Å². The number of benzene rings is 1. The number of fused-ring (bicyclic) bond motifs is 1. The molecule has 1 aliphatic heterocycles. The summed E-state index contributed by atoms with van der Waals surface area (Å²) in [5.41, 5.74) is 6.60. The highest BCUT2D eigenvalue weighted by Gasteiger charge is 2.37. The monoisotopic (exact) mass is 387 g/mol. The molecular weight excluding hydrogens is 369 g/mol. The van der Waals surface area contributed by atoms with Gasteiger partial charge in [0.25, 0.3) is 5.56 Å². The fourth-order valence-corrected chi connectivity index (χ4v) is 3.78. The van der Waals surface area contributed by atoms with E-state index in [0.717, 1.165) is 12.1 Å². The van der Waals surface area contributed by atoms with Crippen molar-refractivity contribution in [2.75, 3.05) is 0 Å². The maximum absolute atomic E-state index is 14.7. The number of nitrogens with zero attached hydrogens (tertiary/aromatic N) is 2. The molecule has 0 spiro atoms. The summed E-state index contributed by atoms with van der Waals surface area (Å²) in [6.45, 7) is 4.31. The molecule has 7 heteroatoms. The van der Waals surface area contributed by atoms with E-state index in [2.05, 4.69) is 0 Å². The van der Waals surface area contributed by atoms with Crippen molar-refractivity contribution in [3.63, 3.8) is 0 Å². The van der Waals surface area contributed by atoms with Gasteiger partial charge in [0, 0.05) is 28.9 Å². The molecule has 0 aliphatic carbocycles. The lowest BCUT2D eigenvalue weighted by Crippen LogP contribution is -2.33. The first kappa shape index (κ1) is 19.0. The average Bonchev–Trinajstić information content (AvgIpc) is 2.61. The van der Waals surface area contributed by atoms with E-state index in [4.69, 9.17) is 22.1 Å². The van der Waals surface area contributed by atoms with E-state index in [0.29, 0.717) is 13.0 Å². The van der Waals surface area contributed by atoms with Crippen LogP contribution in [0.1, 0.15) is 43.0 Å². The predicted molar refractivity (Wildman–Crippen MR) is 101 cm³/mol. The van der Waals surface area contributed by atoms with Crippen LogP contribution < -0.4 is 16.0 Å². The van der Waals surface area contributed by atoms with Crippen LogP contribution in [-0.4, -0.2) is 4.57 Å². The third-order valence-electron chi connectivity index (χ3n) is 4.68. The van der Waals surface area contributed by atoms with Crippen LogP contribution >= 0.6 is 11.6 Å². The predicted octanol–water partition coefficient (Wildman–Crippen LogP) is 3.83. The smallest absolute Gasteiger partial charge is 0.258 e. The van der Waals surface area contributed by atoms with Crippen LogP contribution in [0.25, 0.3) is 0 Å². The number of rotatable bonds is 4. The van der Waals surface area contributed by atoms with Crippen molar-refractivity contribution in [3.8, 4) is 11.8 Å². The molecule has 1 atom stereocenters. The van der Waals surface area contributed by atoms with E-state index < -0.39 is 11.7 Å². The Bertz CT molecular complexity index is 1020. The second-order valence-corrected chi connectivity index (χ2v) is 6.68. The number of nitriles is 1. The fraction of sp³-hybridized carbons (Fsp3) is 0.300. The number of nitrogens with two attached hydrogens (primary N) is 1. The molecular formula is C20H19ClFN3O2. The minimum Gasteiger partial charge on any atom is -0.440 e. The minimum atomic E-state index is -1.02. The number of aryl methyl sites for hydroxylation is 1. The molecule has 140 valence electrons. The van der Waals surface area contributed by atoms with Crippen LogP contribution in [0.2, 0.25) is 5.02 Å². The number of aromatic nitrogens is 1. The lowest BCUT2D eigenvalue weighted by atomic mass is 9.83. The highest BCUT2D eigenvalue weighted by Crippen LogP contribution is 2.43. The lowest BCUT2D eigenvalue weighted by molar-refractivity contribution is 0.386. The van der Waals surface area contributed by atoms with Crippen LogP contribution in [0, 0.1) is 17.1 Å². The van der Waals surface area contributed by atoms with Crippen LogP contribution in [0.15, 0.2) is 40.5 Å². The molecule has 2 heterocycles. The highest BCUT2D eigenvalue weighted by atomic mass is 35.5. The van der Waals surface area contributed by atoms with Crippen molar-refractivity contribution >= 4 is 11.6 Å². The van der Waals surface area contributed by atoms with Gasteiger partial charge < -0.3 is 15.0 Å². The van der Waals surface area contributed by atoms with Gasteiger partial charge in [-0.15, -0.1) is 0 Å². The molecule has 0 saturated heterocycles. The lowest BCUT2D eigenvalue weighted by Gasteiger charge is -2.28. The van der Waals surface area contributed by atoms with E-state index in [1.807, 2.05) is 19.9 Å². The third kappa shape index (κ3) is 3.08. The number of ether oxygens (including phenoxy) is 1. The number of pyridine rings is 1. The molecule has 1 aliphatic rings. The van der Waals surface area contributed by atoms with Gasteiger partial charge in [-0.3, -0.25) is 4.79 Å². The normalized spacial score (nSPS) is 15.9. The van der Waals surface area contributed by atoms with Gasteiger partial charge in [-0.1, -0.05) is 31.0 Å². The van der Waals surface area contributed by atoms with Crippen LogP contribution in [-0.2, 0) is 13.0 Å². The van der Waals surface area contributed by atoms with Gasteiger partial charge >= 0.3 is 0 Å². The van der Waals surface area contributed by atoms with Gasteiger partial charge in [-0.05, 0) is 25.5 Å². The van der Waals surface area contributed by atoms with E-state index in [-0.39, 0.29) is 38.9 Å². The summed E-state index contributed by atoms with van der Waals surface area (Å²) in [6.07, 6.45) is 1.52. The zero-order chi connectivity index (χ0) is 19.7. The Kier molecular flexibility index (Phi) is 5.24. The fourth-order valence-electron chi connectivity index (χ4n) is 3.50. The number of halogens is 2. The van der Waals surface area contributed by atoms with Crippen LogP contribution in [0.3, 0.4) is 0 Å². The Morgan fingerprint density at radius 1 is 1.37 bits per heavy atom. The Labute approximate surface area is 161 Å². The standard InChI is InChI=1S/C20H19ClFN3O2/c1-3-6-11-9-15-18(20(26)25(11)4-2)16(12(10-23)19(24)27-15)17-13(21)7-5-8-14(17)22/h5,7-9,16H,3-4,6,24H2,1-2H3. The molecule has 1 aromatic heterocycles. The molecule has 0 saturated carbocycles. The molecule has 0 bridgehead atoms. The van der Waals surface area contributed by atoms with Gasteiger partial charge in [0.2, 0.25) is 5.88 Å². The Balaban J connectivity index is 2.39. The van der Waals surface area contributed by atoms with Gasteiger partial charge in [-0.2, -0.15) is 5.26 Å². The van der Waals surface area contributed by atoms with Crippen molar-refractivity contribution in [2.45, 2.75) is 39.2 Å². The van der Waals surface area contributed by atoms with E-state index in [1.54, 1.807) is 10.6 Å². The largest absolute Gasteiger partial charge is 0.440 e. The van der Waals surface area contributed by atoms with Crippen molar-refractivity contribution in [1.29, 1.82) is 5.26 Å². The third-order valence-corrected chi connectivity index (χ3v) is 5.01. The van der Waals surface area contributed by atoms with Gasteiger partial charge in [0.15, 0.2) is 0 Å². The highest BCUT2D eigenvalue weighted by molar-refractivity contribution is 6.31. The molecule has 1 aromatic carbocycles. The first-order valence-corrected chi connectivity index (χ1v) is 9.10. The first-order valence-electron chi connectivity index (χ1n) is 8.72. The average molecular weight is 388 g/mol. The summed E-state index contributed by atoms with van der Waals surface area (Å²) in [5.74, 6) is -1.53. The van der Waals surface area contributed by atoms with Crippen LogP contribution in [0.4, 0.5) is 4.39 Å². The SMILES string of the molecule is CCCc1cc2c(c(=O)n1CC)C(c1c(F)cccc1Cl)C(C#N)=C(N)O2. The summed E-state index contributed by atoms with van der Waals surface area (Å²) in [7, 11) is 0. The van der Waals surface area contributed by atoms with E-state index in [1.165, 1.54) is 18.2 Å². The molecule has 2 aromatic rings. The number of hydrogen-bond donors (Lipinski definition) is 1. The topological polar surface area (TPSA) is 81.0 Å². The molecule has 0 radical (unpaired) electrons. The van der Waals surface area contributed by atoms with Gasteiger partial charge in [0.05, 0.1) is 11.5 Å². The summed E-state index contributed by atoms with van der Waals surface area (Å²) in [4.78, 5) is 13.3. The molecule has 5 nitrogen and oxygen atoms in total. The summed E-state index contributed by atoms with van der Waals surface area (Å²) in [5, 5.41) is 9.73. The molecule has 0 fully saturated rings. The maximum Gasteiger partial charge on any atom is 0.258 e. The van der Waals surface area contributed by atoms with E-state index in [9.17, 15) is 14.4 Å². The number of hydrogen-bond acceptors (Lipinski definition) is 4. The minimum absolute atomic E-state index is 0.0301. The quantitative estimate of drug-likeness (QED) is 0.864. The summed E-state index contributed by atoms with van der Waals surface area (Å²) >= 11 is 6.24. The summed E-state index contributed by atoms with van der Waals surface area (Å²) in [6, 6.07) is 7.93. The molecule has 3 rings (SSSR count). The Hall–Kier alpha value is -2.78.